The maximum absolute atomic E-state index is 6.08. The van der Waals surface area contributed by atoms with Crippen LogP contribution < -0.4 is 0 Å². The first kappa shape index (κ1) is 20.3. The summed E-state index contributed by atoms with van der Waals surface area (Å²) in [6.07, 6.45) is 0. The van der Waals surface area contributed by atoms with Gasteiger partial charge in [-0.25, -0.2) is 4.98 Å². The molecule has 0 saturated carbocycles. The van der Waals surface area contributed by atoms with Gasteiger partial charge in [-0.1, -0.05) is 47.2 Å². The van der Waals surface area contributed by atoms with Crippen LogP contribution in [0, 0.1) is 12.1 Å². The van der Waals surface area contributed by atoms with Crippen LogP contribution in [0.15, 0.2) is 89.3 Å². The molecule has 3 nitrogen and oxygen atoms in total. The average molecular weight is 622 g/mol. The third-order valence-corrected chi connectivity index (χ3v) is 6.59. The van der Waals surface area contributed by atoms with Crippen LogP contribution >= 0.6 is 11.3 Å². The first-order valence-corrected chi connectivity index (χ1v) is 11.2. The van der Waals surface area contributed by atoms with Gasteiger partial charge in [-0.05, 0) is 28.4 Å². The molecule has 0 amide bonds. The second-order valence-corrected chi connectivity index (χ2v) is 8.79. The van der Waals surface area contributed by atoms with Crippen molar-refractivity contribution in [3.8, 4) is 0 Å². The van der Waals surface area contributed by atoms with E-state index in [0.29, 0.717) is 11.2 Å². The van der Waals surface area contributed by atoms with E-state index < -0.39 is 0 Å². The molecule has 0 radical (unpaired) electrons. The number of rotatable bonds is 0. The fourth-order valence-corrected chi connectivity index (χ4v) is 5.00. The molecule has 158 valence electrons. The summed E-state index contributed by atoms with van der Waals surface area (Å²) in [5.74, 6) is 0. The monoisotopic (exact) mass is 621 g/mol. The third-order valence-electron chi connectivity index (χ3n) is 5.69. The second-order valence-electron chi connectivity index (χ2n) is 7.73. The Morgan fingerprint density at radius 3 is 2.15 bits per heavy atom. The zero-order valence-electron chi connectivity index (χ0n) is 17.1. The molecule has 33 heavy (non-hydrogen) atoms. The Bertz CT molecular complexity index is 1900. The minimum absolute atomic E-state index is 0. The SMILES string of the molecule is [Pt+2].[c-]1c2cccc1sc1ccc3ccc4ccc5ccc(nc5c4c3n1)c1[c-]c(ccc1)o2. The van der Waals surface area contributed by atoms with Crippen LogP contribution in [0.25, 0.3) is 64.2 Å². The maximum Gasteiger partial charge on any atom is 2.00 e. The van der Waals surface area contributed by atoms with Crippen molar-refractivity contribution >= 4 is 75.5 Å². The fourth-order valence-electron chi connectivity index (χ4n) is 4.20. The van der Waals surface area contributed by atoms with Gasteiger partial charge < -0.3 is 4.42 Å². The summed E-state index contributed by atoms with van der Waals surface area (Å²) in [5, 5.41) is 5.27. The molecule has 0 unspecified atom stereocenters. The van der Waals surface area contributed by atoms with Gasteiger partial charge in [0, 0.05) is 21.9 Å². The first-order valence-electron chi connectivity index (χ1n) is 10.3. The zero-order chi connectivity index (χ0) is 21.1. The number of nitrogens with zero attached hydrogens (tertiary/aromatic N) is 2. The maximum atomic E-state index is 6.08. The van der Waals surface area contributed by atoms with Crippen molar-refractivity contribution in [3.05, 3.63) is 97.1 Å². The van der Waals surface area contributed by atoms with Crippen LogP contribution in [-0.2, 0) is 21.1 Å². The molecule has 7 aromatic rings. The number of pyridine rings is 2. The first-order chi connectivity index (χ1) is 15.8. The molecule has 5 heteroatoms. The molecule has 0 fully saturated rings. The minimum Gasteiger partial charge on any atom is -0.503 e. The Hall–Kier alpha value is -3.33. The molecule has 0 saturated heterocycles. The van der Waals surface area contributed by atoms with Crippen LogP contribution in [-0.4, -0.2) is 9.97 Å². The Morgan fingerprint density at radius 1 is 0.636 bits per heavy atom. The van der Waals surface area contributed by atoms with Gasteiger partial charge in [0.1, 0.15) is 4.83 Å². The van der Waals surface area contributed by atoms with Crippen molar-refractivity contribution in [1.29, 1.82) is 0 Å². The second kappa shape index (κ2) is 7.91. The molecule has 0 aliphatic heterocycles. The Labute approximate surface area is 207 Å². The number of aromatic nitrogens is 2. The molecule has 0 atom stereocenters. The molecule has 0 N–H and O–H groups in total. The average Bonchev–Trinajstić information content (AvgIpc) is 2.83. The van der Waals surface area contributed by atoms with E-state index in [0.717, 1.165) is 53.0 Å². The summed E-state index contributed by atoms with van der Waals surface area (Å²) < 4.78 is 7.03. The molecular formula is C28H14N2OPtS. The van der Waals surface area contributed by atoms with E-state index >= 15 is 0 Å². The van der Waals surface area contributed by atoms with E-state index in [-0.39, 0.29) is 21.1 Å². The van der Waals surface area contributed by atoms with Crippen molar-refractivity contribution in [1.82, 2.24) is 9.97 Å². The molecule has 7 rings (SSSR count). The summed E-state index contributed by atoms with van der Waals surface area (Å²) in [6, 6.07) is 35.4. The largest absolute Gasteiger partial charge is 2.00 e. The van der Waals surface area contributed by atoms with Gasteiger partial charge >= 0.3 is 21.1 Å². The summed E-state index contributed by atoms with van der Waals surface area (Å²) in [5.41, 5.74) is 4.04. The van der Waals surface area contributed by atoms with Crippen LogP contribution in [0.2, 0.25) is 0 Å². The number of hydrogen-bond donors (Lipinski definition) is 0. The van der Waals surface area contributed by atoms with Crippen LogP contribution in [0.5, 0.6) is 0 Å². The van der Waals surface area contributed by atoms with Crippen LogP contribution in [0.1, 0.15) is 0 Å². The molecule has 0 aliphatic carbocycles. The molecular weight excluding hydrogens is 607 g/mol. The van der Waals surface area contributed by atoms with Crippen molar-refractivity contribution in [2.75, 3.05) is 0 Å². The molecule has 0 spiro atoms. The van der Waals surface area contributed by atoms with Gasteiger partial charge in [0.25, 0.3) is 0 Å². The van der Waals surface area contributed by atoms with Crippen molar-refractivity contribution in [3.63, 3.8) is 0 Å². The van der Waals surface area contributed by atoms with E-state index in [2.05, 4.69) is 54.6 Å². The van der Waals surface area contributed by atoms with E-state index in [9.17, 15) is 0 Å². The summed E-state index contributed by atoms with van der Waals surface area (Å²) in [6.45, 7) is 0. The number of hydrogen-bond acceptors (Lipinski definition) is 4. The summed E-state index contributed by atoms with van der Waals surface area (Å²) in [4.78, 5) is 11.0. The summed E-state index contributed by atoms with van der Waals surface area (Å²) >= 11 is 1.57. The van der Waals surface area contributed by atoms with E-state index in [4.69, 9.17) is 14.4 Å². The smallest absolute Gasteiger partial charge is 0.503 e. The zero-order valence-corrected chi connectivity index (χ0v) is 20.2. The van der Waals surface area contributed by atoms with Crippen molar-refractivity contribution < 1.29 is 25.5 Å². The van der Waals surface area contributed by atoms with E-state index in [1.165, 1.54) is 0 Å². The van der Waals surface area contributed by atoms with Gasteiger partial charge in [0.2, 0.25) is 0 Å². The Balaban J connectivity index is 0.00000206. The third kappa shape index (κ3) is 3.47. The minimum atomic E-state index is 0. The van der Waals surface area contributed by atoms with Crippen molar-refractivity contribution in [2.45, 2.75) is 0 Å². The van der Waals surface area contributed by atoms with Gasteiger partial charge in [0.05, 0.1) is 11.0 Å². The van der Waals surface area contributed by atoms with Crippen LogP contribution in [0.3, 0.4) is 0 Å². The summed E-state index contributed by atoms with van der Waals surface area (Å²) in [7, 11) is 0. The van der Waals surface area contributed by atoms with Crippen molar-refractivity contribution in [2.24, 2.45) is 0 Å². The molecule has 3 aromatic heterocycles. The van der Waals surface area contributed by atoms with Gasteiger partial charge in [-0.15, -0.1) is 47.1 Å². The Kier molecular flexibility index (Phi) is 4.86. The quantitative estimate of drug-likeness (QED) is 0.128. The fraction of sp³-hybridized carbons (Fsp3) is 0. The predicted molar refractivity (Wildman–Crippen MR) is 133 cm³/mol. The molecule has 4 aromatic carbocycles. The van der Waals surface area contributed by atoms with Crippen LogP contribution in [0.4, 0.5) is 0 Å². The predicted octanol–water partition coefficient (Wildman–Crippen LogP) is 7.77. The molecule has 3 heterocycles. The standard InChI is InChI=1S/C28H14N2OS.Pt/c1-3-20-15-21(4-1)31-22-5-2-6-23(16-22)32-25-14-12-19-10-8-17-7-9-18-11-13-24(20)29-27(18)26(17)28(19)30-25;/h1-14H;/q-2;+2. The number of fused-ring (bicyclic) bond motifs is 7. The van der Waals surface area contributed by atoms with E-state index in [1.807, 2.05) is 42.5 Å². The molecule has 0 aliphatic rings. The topological polar surface area (TPSA) is 38.9 Å². The van der Waals surface area contributed by atoms with Gasteiger partial charge in [-0.2, -0.15) is 12.1 Å². The Morgan fingerprint density at radius 2 is 1.30 bits per heavy atom. The molecule has 8 bridgehead atoms. The number of benzene rings is 4. The van der Waals surface area contributed by atoms with Gasteiger partial charge in [0.15, 0.2) is 0 Å². The van der Waals surface area contributed by atoms with E-state index in [1.54, 1.807) is 11.3 Å². The normalized spacial score (nSPS) is 11.4. The van der Waals surface area contributed by atoms with Gasteiger partial charge in [-0.3, -0.25) is 4.98 Å².